The first-order valence-electron chi connectivity index (χ1n) is 6.36. The van der Waals surface area contributed by atoms with Crippen LogP contribution in [0, 0.1) is 5.82 Å². The molecule has 1 aromatic heterocycles. The summed E-state index contributed by atoms with van der Waals surface area (Å²) in [6, 6.07) is 5.87. The molecule has 106 valence electrons. The summed E-state index contributed by atoms with van der Waals surface area (Å²) < 4.78 is 18.3. The number of aromatic nitrogens is 2. The van der Waals surface area contributed by atoms with Gasteiger partial charge < -0.3 is 15.8 Å². The number of nitrogen functional groups attached to an aromatic ring is 1. The zero-order valence-corrected chi connectivity index (χ0v) is 11.5. The van der Waals surface area contributed by atoms with Gasteiger partial charge in [-0.2, -0.15) is 0 Å². The molecular weight excluding hydrogens is 259 g/mol. The smallest absolute Gasteiger partial charge is 0.145 e. The molecule has 0 aliphatic carbocycles. The lowest BCUT2D eigenvalue weighted by atomic mass is 10.2. The minimum Gasteiger partial charge on any atom is -0.494 e. The first kappa shape index (κ1) is 14.0. The molecule has 0 aliphatic heterocycles. The van der Waals surface area contributed by atoms with E-state index in [4.69, 9.17) is 10.5 Å². The van der Waals surface area contributed by atoms with Crippen LogP contribution in [0.5, 0.6) is 5.75 Å². The fraction of sp³-hybridized carbons (Fsp3) is 0.286. The summed E-state index contributed by atoms with van der Waals surface area (Å²) >= 11 is 0. The van der Waals surface area contributed by atoms with Crippen molar-refractivity contribution in [2.45, 2.75) is 19.8 Å². The van der Waals surface area contributed by atoms with Gasteiger partial charge >= 0.3 is 0 Å². The Morgan fingerprint density at radius 3 is 2.80 bits per heavy atom. The van der Waals surface area contributed by atoms with Crippen molar-refractivity contribution < 1.29 is 9.13 Å². The molecule has 2 aromatic rings. The third-order valence-electron chi connectivity index (χ3n) is 2.69. The van der Waals surface area contributed by atoms with Crippen molar-refractivity contribution in [2.24, 2.45) is 0 Å². The van der Waals surface area contributed by atoms with E-state index in [0.29, 0.717) is 28.9 Å². The molecule has 6 heteroatoms. The number of benzene rings is 1. The molecule has 0 saturated carbocycles. The summed E-state index contributed by atoms with van der Waals surface area (Å²) in [6.45, 7) is 2.04. The lowest BCUT2D eigenvalue weighted by Gasteiger charge is -2.11. The van der Waals surface area contributed by atoms with Gasteiger partial charge in [-0.05, 0) is 18.6 Å². The van der Waals surface area contributed by atoms with Gasteiger partial charge in [0.1, 0.15) is 29.0 Å². The number of nitrogens with two attached hydrogens (primary N) is 1. The topological polar surface area (TPSA) is 73.1 Å². The molecule has 5 nitrogen and oxygen atoms in total. The molecule has 0 radical (unpaired) electrons. The summed E-state index contributed by atoms with van der Waals surface area (Å²) in [6.07, 6.45) is 1.68. The average Bonchev–Trinajstić information content (AvgIpc) is 2.40. The molecule has 20 heavy (non-hydrogen) atoms. The van der Waals surface area contributed by atoms with Crippen LogP contribution in [0.2, 0.25) is 0 Å². The van der Waals surface area contributed by atoms with Crippen LogP contribution in [0.1, 0.15) is 19.2 Å². The molecule has 0 atom stereocenters. The largest absolute Gasteiger partial charge is 0.494 e. The first-order chi connectivity index (χ1) is 9.62. The van der Waals surface area contributed by atoms with Gasteiger partial charge in [-0.15, -0.1) is 0 Å². The normalized spacial score (nSPS) is 10.3. The Bertz CT molecular complexity index is 604. The van der Waals surface area contributed by atoms with E-state index >= 15 is 0 Å². The Morgan fingerprint density at radius 1 is 1.30 bits per heavy atom. The number of anilines is 3. The summed E-state index contributed by atoms with van der Waals surface area (Å²) in [5.41, 5.74) is 6.38. The maximum Gasteiger partial charge on any atom is 0.145 e. The van der Waals surface area contributed by atoms with E-state index in [2.05, 4.69) is 15.3 Å². The molecule has 2 rings (SSSR count). The maximum absolute atomic E-state index is 13.1. The molecule has 0 spiro atoms. The summed E-state index contributed by atoms with van der Waals surface area (Å²) in [5, 5.41) is 3.07. The lowest BCUT2D eigenvalue weighted by Crippen LogP contribution is -2.04. The molecule has 0 fully saturated rings. The predicted octanol–water partition coefficient (Wildman–Crippen LogP) is 2.90. The van der Waals surface area contributed by atoms with E-state index < -0.39 is 0 Å². The van der Waals surface area contributed by atoms with Crippen molar-refractivity contribution in [3.05, 3.63) is 35.9 Å². The Kier molecular flexibility index (Phi) is 4.34. The second-order valence-corrected chi connectivity index (χ2v) is 4.31. The Balaban J connectivity index is 2.29. The molecule has 3 N–H and O–H groups in total. The predicted molar refractivity (Wildman–Crippen MR) is 76.7 cm³/mol. The molecule has 0 saturated heterocycles. The highest BCUT2D eigenvalue weighted by Crippen LogP contribution is 2.28. The van der Waals surface area contributed by atoms with Gasteiger partial charge in [-0.1, -0.05) is 6.92 Å². The highest BCUT2D eigenvalue weighted by atomic mass is 19.1. The number of ether oxygens (including phenoxy) is 1. The second-order valence-electron chi connectivity index (χ2n) is 4.31. The highest BCUT2D eigenvalue weighted by molar-refractivity contribution is 5.65. The van der Waals surface area contributed by atoms with Crippen LogP contribution in [-0.4, -0.2) is 17.1 Å². The molecule has 1 heterocycles. The standard InChI is InChI=1S/C14H17FN4O/c1-3-4-13-18-12(16)8-14(19-13)17-10-6-5-9(15)7-11(10)20-2/h5-8H,3-4H2,1-2H3,(H3,16,17,18,19). The van der Waals surface area contributed by atoms with Crippen LogP contribution < -0.4 is 15.8 Å². The van der Waals surface area contributed by atoms with Crippen LogP contribution in [0.15, 0.2) is 24.3 Å². The van der Waals surface area contributed by atoms with Crippen molar-refractivity contribution in [1.29, 1.82) is 0 Å². The van der Waals surface area contributed by atoms with E-state index in [0.717, 1.165) is 12.8 Å². The zero-order valence-electron chi connectivity index (χ0n) is 11.5. The quantitative estimate of drug-likeness (QED) is 0.878. The Labute approximate surface area is 117 Å². The van der Waals surface area contributed by atoms with Crippen molar-refractivity contribution in [3.8, 4) is 5.75 Å². The molecular formula is C14H17FN4O. The number of rotatable bonds is 5. The van der Waals surface area contributed by atoms with Gasteiger partial charge in [0.25, 0.3) is 0 Å². The minimum absolute atomic E-state index is 0.360. The SMILES string of the molecule is CCCc1nc(N)cc(Nc2ccc(F)cc2OC)n1. The van der Waals surface area contributed by atoms with E-state index in [1.807, 2.05) is 6.92 Å². The third kappa shape index (κ3) is 3.34. The van der Waals surface area contributed by atoms with E-state index in [9.17, 15) is 4.39 Å². The number of nitrogens with zero attached hydrogens (tertiary/aromatic N) is 2. The van der Waals surface area contributed by atoms with E-state index in [1.165, 1.54) is 19.2 Å². The average molecular weight is 276 g/mol. The van der Waals surface area contributed by atoms with Crippen LogP contribution in [0.25, 0.3) is 0 Å². The maximum atomic E-state index is 13.1. The monoisotopic (exact) mass is 276 g/mol. The van der Waals surface area contributed by atoms with E-state index in [-0.39, 0.29) is 5.82 Å². The van der Waals surface area contributed by atoms with Crippen LogP contribution in [-0.2, 0) is 6.42 Å². The van der Waals surface area contributed by atoms with Gasteiger partial charge in [0.2, 0.25) is 0 Å². The summed E-state index contributed by atoms with van der Waals surface area (Å²) in [4.78, 5) is 8.52. The van der Waals surface area contributed by atoms with Gasteiger partial charge in [-0.3, -0.25) is 0 Å². The number of halogens is 1. The van der Waals surface area contributed by atoms with Crippen LogP contribution >= 0.6 is 0 Å². The fourth-order valence-corrected chi connectivity index (χ4v) is 1.82. The Hall–Kier alpha value is -2.37. The summed E-state index contributed by atoms with van der Waals surface area (Å²) in [7, 11) is 1.48. The van der Waals surface area contributed by atoms with Crippen molar-refractivity contribution in [3.63, 3.8) is 0 Å². The molecule has 0 aliphatic rings. The molecule has 0 amide bonds. The molecule has 1 aromatic carbocycles. The van der Waals surface area contributed by atoms with E-state index in [1.54, 1.807) is 12.1 Å². The van der Waals surface area contributed by atoms with Crippen molar-refractivity contribution in [2.75, 3.05) is 18.2 Å². The number of nitrogens with one attached hydrogen (secondary N) is 1. The third-order valence-corrected chi connectivity index (χ3v) is 2.69. The zero-order chi connectivity index (χ0) is 14.5. The van der Waals surface area contributed by atoms with Gasteiger partial charge in [0.05, 0.1) is 12.8 Å². The van der Waals surface area contributed by atoms with Crippen LogP contribution in [0.3, 0.4) is 0 Å². The molecule has 0 unspecified atom stereocenters. The number of hydrogen-bond acceptors (Lipinski definition) is 5. The van der Waals surface area contributed by atoms with Gasteiger partial charge in [0, 0.05) is 18.6 Å². The lowest BCUT2D eigenvalue weighted by molar-refractivity contribution is 0.413. The number of aryl methyl sites for hydroxylation is 1. The number of hydrogen-bond donors (Lipinski definition) is 2. The molecule has 0 bridgehead atoms. The Morgan fingerprint density at radius 2 is 2.10 bits per heavy atom. The highest BCUT2D eigenvalue weighted by Gasteiger charge is 2.07. The van der Waals surface area contributed by atoms with Gasteiger partial charge in [-0.25, -0.2) is 14.4 Å². The fourth-order valence-electron chi connectivity index (χ4n) is 1.82. The van der Waals surface area contributed by atoms with Crippen molar-refractivity contribution >= 4 is 17.3 Å². The first-order valence-corrected chi connectivity index (χ1v) is 6.36. The number of methoxy groups -OCH3 is 1. The van der Waals surface area contributed by atoms with Crippen molar-refractivity contribution in [1.82, 2.24) is 9.97 Å². The van der Waals surface area contributed by atoms with Gasteiger partial charge in [0.15, 0.2) is 0 Å². The minimum atomic E-state index is -0.360. The van der Waals surface area contributed by atoms with Crippen LogP contribution in [0.4, 0.5) is 21.7 Å². The second kappa shape index (κ2) is 6.18. The summed E-state index contributed by atoms with van der Waals surface area (Å²) in [5.74, 6) is 1.68.